The molecule has 1 aliphatic rings. The van der Waals surface area contributed by atoms with Crippen molar-refractivity contribution >= 4 is 0 Å². The van der Waals surface area contributed by atoms with Crippen LogP contribution in [0, 0.1) is 0 Å². The van der Waals surface area contributed by atoms with E-state index in [0.29, 0.717) is 6.79 Å². The maximum Gasteiger partial charge on any atom is 0.231 e. The van der Waals surface area contributed by atoms with Crippen LogP contribution in [0.15, 0.2) is 43.0 Å². The lowest BCUT2D eigenvalue weighted by molar-refractivity contribution is 0.173. The molecule has 0 fully saturated rings. The molecule has 0 spiro atoms. The third kappa shape index (κ3) is 3.94. The Hall–Kier alpha value is -2.66. The number of para-hydroxylation sites is 1. The van der Waals surface area contributed by atoms with Gasteiger partial charge in [-0.3, -0.25) is 0 Å². The minimum Gasteiger partial charge on any atom is -0.496 e. The van der Waals surface area contributed by atoms with Crippen LogP contribution >= 0.6 is 0 Å². The molecular weight excluding hydrogens is 330 g/mol. The van der Waals surface area contributed by atoms with Crippen molar-refractivity contribution in [1.82, 2.24) is 5.32 Å². The highest BCUT2D eigenvalue weighted by atomic mass is 16.7. The Morgan fingerprint density at radius 1 is 1.08 bits per heavy atom. The fourth-order valence-electron chi connectivity index (χ4n) is 3.11. The van der Waals surface area contributed by atoms with Crippen molar-refractivity contribution in [2.75, 3.05) is 27.6 Å². The maximum absolute atomic E-state index is 5.55. The molecule has 0 aliphatic carbocycles. The quantitative estimate of drug-likeness (QED) is 0.551. The number of hydrogen-bond donors (Lipinski definition) is 1. The van der Waals surface area contributed by atoms with E-state index in [1.54, 1.807) is 14.2 Å². The summed E-state index contributed by atoms with van der Waals surface area (Å²) < 4.78 is 22.0. The second kappa shape index (κ2) is 8.63. The summed E-state index contributed by atoms with van der Waals surface area (Å²) in [6.07, 6.45) is 3.45. The van der Waals surface area contributed by atoms with E-state index >= 15 is 0 Å². The van der Waals surface area contributed by atoms with Crippen molar-refractivity contribution in [2.24, 2.45) is 0 Å². The molecule has 0 atom stereocenters. The predicted octanol–water partition coefficient (Wildman–Crippen LogP) is 3.49. The SMILES string of the molecule is C=CCc1cc(OC)c(CCNCc2cccc3c2OCO3)cc1OC. The fourth-order valence-corrected chi connectivity index (χ4v) is 3.11. The van der Waals surface area contributed by atoms with E-state index in [-0.39, 0.29) is 0 Å². The first kappa shape index (κ1) is 18.1. The lowest BCUT2D eigenvalue weighted by Crippen LogP contribution is -2.17. The molecule has 0 aromatic heterocycles. The summed E-state index contributed by atoms with van der Waals surface area (Å²) in [6.45, 7) is 5.62. The number of rotatable bonds is 9. The molecule has 0 radical (unpaired) electrons. The first-order chi connectivity index (χ1) is 12.8. The summed E-state index contributed by atoms with van der Waals surface area (Å²) in [7, 11) is 3.38. The number of benzene rings is 2. The first-order valence-electron chi connectivity index (χ1n) is 8.69. The number of ether oxygens (including phenoxy) is 4. The number of nitrogens with one attached hydrogen (secondary N) is 1. The van der Waals surface area contributed by atoms with Crippen LogP contribution in [0.4, 0.5) is 0 Å². The molecule has 138 valence electrons. The smallest absolute Gasteiger partial charge is 0.231 e. The molecule has 0 amide bonds. The molecule has 5 nitrogen and oxygen atoms in total. The van der Waals surface area contributed by atoms with Crippen molar-refractivity contribution in [3.8, 4) is 23.0 Å². The monoisotopic (exact) mass is 355 g/mol. The van der Waals surface area contributed by atoms with Crippen molar-refractivity contribution in [3.05, 3.63) is 59.7 Å². The normalized spacial score (nSPS) is 12.1. The van der Waals surface area contributed by atoms with Crippen LogP contribution in [0.25, 0.3) is 0 Å². The average molecular weight is 355 g/mol. The molecule has 0 bridgehead atoms. The van der Waals surface area contributed by atoms with Crippen molar-refractivity contribution in [3.63, 3.8) is 0 Å². The third-order valence-electron chi connectivity index (χ3n) is 4.41. The van der Waals surface area contributed by atoms with Gasteiger partial charge in [0.1, 0.15) is 11.5 Å². The van der Waals surface area contributed by atoms with Gasteiger partial charge in [-0.15, -0.1) is 6.58 Å². The molecule has 0 saturated carbocycles. The van der Waals surface area contributed by atoms with E-state index < -0.39 is 0 Å². The third-order valence-corrected chi connectivity index (χ3v) is 4.41. The van der Waals surface area contributed by atoms with Gasteiger partial charge in [-0.25, -0.2) is 0 Å². The minimum absolute atomic E-state index is 0.292. The van der Waals surface area contributed by atoms with Gasteiger partial charge in [-0.1, -0.05) is 18.2 Å². The number of methoxy groups -OCH3 is 2. The molecule has 2 aromatic rings. The Balaban J connectivity index is 1.63. The zero-order valence-corrected chi connectivity index (χ0v) is 15.3. The molecule has 1 aliphatic heterocycles. The van der Waals surface area contributed by atoms with E-state index in [4.69, 9.17) is 18.9 Å². The topological polar surface area (TPSA) is 49.0 Å². The number of fused-ring (bicyclic) bond motifs is 1. The van der Waals surface area contributed by atoms with Gasteiger partial charge in [0.05, 0.1) is 14.2 Å². The fraction of sp³-hybridized carbons (Fsp3) is 0.333. The molecule has 5 heteroatoms. The minimum atomic E-state index is 0.292. The van der Waals surface area contributed by atoms with Crippen LogP contribution in [-0.4, -0.2) is 27.6 Å². The Labute approximate surface area is 154 Å². The van der Waals surface area contributed by atoms with Crippen LogP contribution in [0.3, 0.4) is 0 Å². The zero-order chi connectivity index (χ0) is 18.4. The van der Waals surface area contributed by atoms with Gasteiger partial charge in [-0.2, -0.15) is 0 Å². The summed E-state index contributed by atoms with van der Waals surface area (Å²) in [5.41, 5.74) is 3.29. The molecule has 0 saturated heterocycles. The van der Waals surface area contributed by atoms with Crippen LogP contribution in [0.2, 0.25) is 0 Å². The van der Waals surface area contributed by atoms with Gasteiger partial charge in [0.25, 0.3) is 0 Å². The van der Waals surface area contributed by atoms with Crippen molar-refractivity contribution in [2.45, 2.75) is 19.4 Å². The van der Waals surface area contributed by atoms with Gasteiger partial charge >= 0.3 is 0 Å². The van der Waals surface area contributed by atoms with Gasteiger partial charge in [0.2, 0.25) is 6.79 Å². The number of hydrogen-bond acceptors (Lipinski definition) is 5. The first-order valence-corrected chi connectivity index (χ1v) is 8.69. The van der Waals surface area contributed by atoms with Gasteiger partial charge in [-0.05, 0) is 43.1 Å². The summed E-state index contributed by atoms with van der Waals surface area (Å²) in [5, 5.41) is 3.46. The van der Waals surface area contributed by atoms with Gasteiger partial charge in [0, 0.05) is 17.7 Å². The average Bonchev–Trinajstić information content (AvgIpc) is 3.15. The Morgan fingerprint density at radius 2 is 1.85 bits per heavy atom. The Kier molecular flexibility index (Phi) is 6.02. The number of allylic oxidation sites excluding steroid dienone is 1. The zero-order valence-electron chi connectivity index (χ0n) is 15.3. The lowest BCUT2D eigenvalue weighted by atomic mass is 10.0. The van der Waals surface area contributed by atoms with Crippen molar-refractivity contribution < 1.29 is 18.9 Å². The molecule has 0 unspecified atom stereocenters. The van der Waals surface area contributed by atoms with E-state index in [1.165, 1.54) is 0 Å². The van der Waals surface area contributed by atoms with E-state index in [1.807, 2.05) is 30.3 Å². The second-order valence-electron chi connectivity index (χ2n) is 6.05. The molecular formula is C21H25NO4. The predicted molar refractivity (Wildman–Crippen MR) is 101 cm³/mol. The summed E-state index contributed by atoms with van der Waals surface area (Å²) in [6, 6.07) is 10.0. The van der Waals surface area contributed by atoms with Crippen LogP contribution in [0.5, 0.6) is 23.0 Å². The highest BCUT2D eigenvalue weighted by Crippen LogP contribution is 2.35. The van der Waals surface area contributed by atoms with Crippen LogP contribution < -0.4 is 24.3 Å². The van der Waals surface area contributed by atoms with Gasteiger partial charge in [0.15, 0.2) is 11.5 Å². The van der Waals surface area contributed by atoms with E-state index in [9.17, 15) is 0 Å². The largest absolute Gasteiger partial charge is 0.496 e. The van der Waals surface area contributed by atoms with E-state index in [0.717, 1.165) is 65.6 Å². The molecule has 1 N–H and O–H groups in total. The second-order valence-corrected chi connectivity index (χ2v) is 6.05. The van der Waals surface area contributed by atoms with Crippen LogP contribution in [-0.2, 0) is 19.4 Å². The molecule has 26 heavy (non-hydrogen) atoms. The molecule has 2 aromatic carbocycles. The Bertz CT molecular complexity index is 773. The summed E-state index contributed by atoms with van der Waals surface area (Å²) in [5.74, 6) is 3.40. The van der Waals surface area contributed by atoms with Gasteiger partial charge < -0.3 is 24.3 Å². The van der Waals surface area contributed by atoms with Crippen molar-refractivity contribution in [1.29, 1.82) is 0 Å². The molecule has 1 heterocycles. The highest BCUT2D eigenvalue weighted by molar-refractivity contribution is 5.48. The standard InChI is InChI=1S/C21H25NO4/c1-4-6-15-11-20(24-3)16(12-19(15)23-2)9-10-22-13-17-7-5-8-18-21(17)26-14-25-18/h4-5,7-8,11-12,22H,1,6,9-10,13-14H2,2-3H3. The lowest BCUT2D eigenvalue weighted by Gasteiger charge is -2.15. The van der Waals surface area contributed by atoms with E-state index in [2.05, 4.69) is 18.0 Å². The Morgan fingerprint density at radius 3 is 2.62 bits per heavy atom. The van der Waals surface area contributed by atoms with Crippen LogP contribution in [0.1, 0.15) is 16.7 Å². The highest BCUT2D eigenvalue weighted by Gasteiger charge is 2.16. The summed E-state index contributed by atoms with van der Waals surface area (Å²) >= 11 is 0. The maximum atomic E-state index is 5.55. The summed E-state index contributed by atoms with van der Waals surface area (Å²) in [4.78, 5) is 0. The molecule has 3 rings (SSSR count).